The summed E-state index contributed by atoms with van der Waals surface area (Å²) in [6.07, 6.45) is 7.09. The minimum absolute atomic E-state index is 0.417. The monoisotopic (exact) mass is 350 g/mol. The molecule has 0 bridgehead atoms. The predicted octanol–water partition coefficient (Wildman–Crippen LogP) is 3.92. The summed E-state index contributed by atoms with van der Waals surface area (Å²) in [5.41, 5.74) is 0. The van der Waals surface area contributed by atoms with Crippen LogP contribution in [0.1, 0.15) is 65.2 Å². The molecule has 0 spiro atoms. The normalized spacial score (nSPS) is 8.87. The van der Waals surface area contributed by atoms with Crippen LogP contribution in [0.3, 0.4) is 0 Å². The summed E-state index contributed by atoms with van der Waals surface area (Å²) in [4.78, 5) is 19.8. The fourth-order valence-electron chi connectivity index (χ4n) is 1.49. The van der Waals surface area contributed by atoms with Crippen molar-refractivity contribution in [3.05, 3.63) is 0 Å². The van der Waals surface area contributed by atoms with Gasteiger partial charge in [-0.25, -0.2) is 9.59 Å². The Bertz CT molecular complexity index is 230. The minimum atomic E-state index is -0.920. The smallest absolute Gasteiger partial charge is 0.404 e. The number of amides is 2. The van der Waals surface area contributed by atoms with E-state index in [4.69, 9.17) is 10.2 Å². The van der Waals surface area contributed by atoms with Gasteiger partial charge in [0.05, 0.1) is 0 Å². The fourth-order valence-corrected chi connectivity index (χ4v) is 1.49. The van der Waals surface area contributed by atoms with E-state index in [1.54, 1.807) is 0 Å². The average molecular weight is 351 g/mol. The molecule has 0 aliphatic carbocycles. The van der Waals surface area contributed by atoms with E-state index >= 15 is 0 Å². The predicted molar refractivity (Wildman–Crippen MR) is 101 cm³/mol. The third-order valence-corrected chi connectivity index (χ3v) is 2.61. The van der Waals surface area contributed by atoms with E-state index in [2.05, 4.69) is 37.6 Å². The van der Waals surface area contributed by atoms with Crippen LogP contribution >= 0.6 is 0 Å². The molecule has 140 valence electrons. The van der Waals surface area contributed by atoms with Crippen molar-refractivity contribution in [3.63, 3.8) is 0 Å². The molecule has 0 rings (SSSR count). The molecule has 0 saturated heterocycles. The zero-order valence-corrected chi connectivity index (χ0v) is 16.9. The van der Waals surface area contributed by atoms with Gasteiger partial charge in [0.25, 0.3) is 0 Å². The first-order valence-electron chi connectivity index (χ1n) is 8.89. The Hall–Kier alpha value is -1.24. The molecule has 0 unspecified atom stereocenters. The lowest BCUT2D eigenvalue weighted by atomic mass is 10.2. The Morgan fingerprint density at radius 1 is 0.739 bits per heavy atom. The second-order valence-corrected chi connectivity index (χ2v) is 6.71. The van der Waals surface area contributed by atoms with Crippen LogP contribution in [0.4, 0.5) is 9.59 Å². The van der Waals surface area contributed by atoms with E-state index in [1.165, 1.54) is 25.7 Å². The number of carboxylic acid groups (broad SMARTS) is 2. The summed E-state index contributed by atoms with van der Waals surface area (Å²) in [5.74, 6) is 0. The first-order valence-corrected chi connectivity index (χ1v) is 11.7. The summed E-state index contributed by atoms with van der Waals surface area (Å²) in [7, 11) is 0.417. The van der Waals surface area contributed by atoms with Crippen molar-refractivity contribution in [3.8, 4) is 0 Å². The Balaban J connectivity index is -0.000000297. The van der Waals surface area contributed by atoms with Crippen molar-refractivity contribution < 1.29 is 19.8 Å². The first kappa shape index (κ1) is 26.6. The third kappa shape index (κ3) is 44.9. The van der Waals surface area contributed by atoms with E-state index in [9.17, 15) is 9.59 Å². The lowest BCUT2D eigenvalue weighted by Gasteiger charge is -1.98. The van der Waals surface area contributed by atoms with Gasteiger partial charge in [0.2, 0.25) is 0 Å². The molecule has 0 aliphatic rings. The molecule has 0 fully saturated rings. The van der Waals surface area contributed by atoms with Gasteiger partial charge >= 0.3 is 12.2 Å². The number of rotatable bonds is 10. The van der Waals surface area contributed by atoms with E-state index in [0.717, 1.165) is 25.7 Å². The molecule has 0 heterocycles. The Kier molecular flexibility index (Phi) is 29.8. The molecule has 4 N–H and O–H groups in total. The third-order valence-electron chi connectivity index (χ3n) is 2.61. The van der Waals surface area contributed by atoms with E-state index in [1.807, 2.05) is 0 Å². The van der Waals surface area contributed by atoms with E-state index < -0.39 is 12.2 Å². The molecule has 0 saturated carbocycles. The number of hydrogen-bond acceptors (Lipinski definition) is 2. The van der Waals surface area contributed by atoms with Gasteiger partial charge in [-0.05, 0) is 12.8 Å². The van der Waals surface area contributed by atoms with Crippen molar-refractivity contribution in [2.45, 2.75) is 78.3 Å². The summed E-state index contributed by atoms with van der Waals surface area (Å²) in [5, 5.41) is 21.0. The second kappa shape index (κ2) is 25.7. The molecule has 6 nitrogen and oxygen atoms in total. The van der Waals surface area contributed by atoms with Gasteiger partial charge in [-0.2, -0.15) is 0 Å². The standard InChI is InChI=1S/2C7H15NO2.C2H8Si/c2*1-2-3-4-5-6-8-7(9)10;1-3-2/h2*8H,2-6H2,1H3,(H,9,10);3H2,1-2H3. The molecule has 7 heteroatoms. The molecule has 0 aromatic heterocycles. The highest BCUT2D eigenvalue weighted by atomic mass is 28.2. The molecule has 0 aromatic rings. The van der Waals surface area contributed by atoms with Crippen LogP contribution in [0, 0.1) is 0 Å². The van der Waals surface area contributed by atoms with Crippen LogP contribution in [-0.2, 0) is 0 Å². The van der Waals surface area contributed by atoms with Crippen LogP contribution in [0.2, 0.25) is 13.1 Å². The summed E-state index contributed by atoms with van der Waals surface area (Å²) in [6, 6.07) is 0. The number of hydrogen-bond donors (Lipinski definition) is 4. The highest BCUT2D eigenvalue weighted by Crippen LogP contribution is 1.97. The van der Waals surface area contributed by atoms with Gasteiger partial charge in [0.1, 0.15) is 0 Å². The van der Waals surface area contributed by atoms with Gasteiger partial charge in [0, 0.05) is 22.6 Å². The number of unbranched alkanes of at least 4 members (excludes halogenated alkanes) is 6. The average Bonchev–Trinajstić information content (AvgIpc) is 2.48. The first-order chi connectivity index (χ1) is 11.0. The summed E-state index contributed by atoms with van der Waals surface area (Å²) < 4.78 is 0. The lowest BCUT2D eigenvalue weighted by Crippen LogP contribution is -2.21. The van der Waals surface area contributed by atoms with Gasteiger partial charge < -0.3 is 20.8 Å². The SMILES string of the molecule is CCCCCCNC(=O)O.CCCCCCNC(=O)O.C[SiH2]C. The number of carbonyl (C=O) groups is 2. The molecular formula is C16H38N2O4Si. The highest BCUT2D eigenvalue weighted by Gasteiger charge is 1.92. The Morgan fingerprint density at radius 2 is 1.04 bits per heavy atom. The second-order valence-electron chi connectivity index (χ2n) is 5.29. The lowest BCUT2D eigenvalue weighted by molar-refractivity contribution is 0.193. The van der Waals surface area contributed by atoms with Crippen molar-refractivity contribution in [2.75, 3.05) is 13.1 Å². The van der Waals surface area contributed by atoms with Gasteiger partial charge in [0.15, 0.2) is 0 Å². The van der Waals surface area contributed by atoms with Crippen LogP contribution in [0.15, 0.2) is 0 Å². The zero-order chi connectivity index (χ0) is 18.3. The molecule has 0 atom stereocenters. The fraction of sp³-hybridized carbons (Fsp3) is 0.875. The number of nitrogens with one attached hydrogen (secondary N) is 2. The highest BCUT2D eigenvalue weighted by molar-refractivity contribution is 6.31. The molecule has 23 heavy (non-hydrogen) atoms. The zero-order valence-electron chi connectivity index (χ0n) is 15.5. The van der Waals surface area contributed by atoms with Crippen LogP contribution < -0.4 is 10.6 Å². The van der Waals surface area contributed by atoms with E-state index in [-0.39, 0.29) is 0 Å². The molecule has 0 aliphatic heterocycles. The molecule has 0 aromatic carbocycles. The van der Waals surface area contributed by atoms with Crippen molar-refractivity contribution >= 4 is 21.7 Å². The van der Waals surface area contributed by atoms with Gasteiger partial charge in [-0.3, -0.25) is 0 Å². The maximum absolute atomic E-state index is 9.92. The van der Waals surface area contributed by atoms with Crippen LogP contribution in [0.5, 0.6) is 0 Å². The van der Waals surface area contributed by atoms with Crippen molar-refractivity contribution in [1.82, 2.24) is 10.6 Å². The van der Waals surface area contributed by atoms with E-state index in [0.29, 0.717) is 22.6 Å². The maximum atomic E-state index is 9.92. The molecular weight excluding hydrogens is 312 g/mol. The van der Waals surface area contributed by atoms with Crippen LogP contribution in [-0.4, -0.2) is 45.0 Å². The largest absolute Gasteiger partial charge is 0.465 e. The quantitative estimate of drug-likeness (QED) is 0.354. The topological polar surface area (TPSA) is 98.7 Å². The van der Waals surface area contributed by atoms with Gasteiger partial charge in [-0.1, -0.05) is 65.5 Å². The Labute approximate surface area is 144 Å². The van der Waals surface area contributed by atoms with Crippen LogP contribution in [0.25, 0.3) is 0 Å². The maximum Gasteiger partial charge on any atom is 0.404 e. The molecule has 0 radical (unpaired) electrons. The molecule has 2 amide bonds. The summed E-state index contributed by atoms with van der Waals surface area (Å²) >= 11 is 0. The Morgan fingerprint density at radius 3 is 1.26 bits per heavy atom. The van der Waals surface area contributed by atoms with Gasteiger partial charge in [-0.15, -0.1) is 0 Å². The van der Waals surface area contributed by atoms with Crippen molar-refractivity contribution in [2.24, 2.45) is 0 Å². The van der Waals surface area contributed by atoms with Crippen molar-refractivity contribution in [1.29, 1.82) is 0 Å². The minimum Gasteiger partial charge on any atom is -0.465 e. The summed E-state index contributed by atoms with van der Waals surface area (Å²) in [6.45, 7) is 9.97.